The predicted molar refractivity (Wildman–Crippen MR) is 85.8 cm³/mol. The molecule has 8 nitrogen and oxygen atoms in total. The van der Waals surface area contributed by atoms with E-state index in [9.17, 15) is 23.6 Å². The smallest absolute Gasteiger partial charge is 0.412 e. The summed E-state index contributed by atoms with van der Waals surface area (Å²) < 4.78 is 17.5. The molecule has 136 valence electrons. The maximum atomic E-state index is 12.6. The number of alkyl halides is 1. The number of aliphatic carboxylic acids is 1. The number of carboxylic acids is 1. The molecular formula is C16H19FN2O6. The van der Waals surface area contributed by atoms with Crippen LogP contribution < -0.4 is 5.32 Å². The average Bonchev–Trinajstić information content (AvgIpc) is 2.58. The van der Waals surface area contributed by atoms with Gasteiger partial charge in [0.05, 0.1) is 6.42 Å². The van der Waals surface area contributed by atoms with E-state index < -0.39 is 49.0 Å². The van der Waals surface area contributed by atoms with Crippen molar-refractivity contribution in [3.63, 3.8) is 0 Å². The Morgan fingerprint density at radius 3 is 2.36 bits per heavy atom. The van der Waals surface area contributed by atoms with Crippen LogP contribution in [-0.4, -0.2) is 59.6 Å². The Kier molecular flexibility index (Phi) is 7.51. The molecule has 9 heteroatoms. The quantitative estimate of drug-likeness (QED) is 0.731. The summed E-state index contributed by atoms with van der Waals surface area (Å²) in [4.78, 5) is 47.1. The van der Waals surface area contributed by atoms with Gasteiger partial charge in [0.15, 0.2) is 11.9 Å². The first-order chi connectivity index (χ1) is 11.8. The van der Waals surface area contributed by atoms with Gasteiger partial charge < -0.3 is 14.7 Å². The molecule has 0 aliphatic heterocycles. The highest BCUT2D eigenvalue weighted by Crippen LogP contribution is 2.10. The van der Waals surface area contributed by atoms with Crippen LogP contribution in [-0.2, 0) is 19.1 Å². The fraction of sp³-hybridized carbons (Fsp3) is 0.375. The Balaban J connectivity index is 2.70. The van der Waals surface area contributed by atoms with Crippen LogP contribution >= 0.6 is 0 Å². The number of amides is 2. The number of nitrogens with one attached hydrogen (secondary N) is 1. The minimum Gasteiger partial charge on any atom is -0.481 e. The average molecular weight is 354 g/mol. The van der Waals surface area contributed by atoms with E-state index in [0.29, 0.717) is 5.69 Å². The SMILES string of the molecule is C[C@H](OC(=O)Nc1ccccc1)C(=O)N(C)C(CC(=O)O)C(=O)CF. The zero-order chi connectivity index (χ0) is 19.0. The van der Waals surface area contributed by atoms with Gasteiger partial charge in [-0.05, 0) is 19.1 Å². The molecule has 2 amide bonds. The second-order valence-electron chi connectivity index (χ2n) is 5.20. The number of halogens is 1. The van der Waals surface area contributed by atoms with Crippen molar-refractivity contribution in [2.75, 3.05) is 19.0 Å². The van der Waals surface area contributed by atoms with Gasteiger partial charge >= 0.3 is 12.1 Å². The molecule has 1 aromatic rings. The summed E-state index contributed by atoms with van der Waals surface area (Å²) >= 11 is 0. The number of Topliss-reactive ketones (excluding diaryl/α,β-unsaturated/α-hetero) is 1. The van der Waals surface area contributed by atoms with E-state index in [-0.39, 0.29) is 0 Å². The lowest BCUT2D eigenvalue weighted by atomic mass is 10.1. The van der Waals surface area contributed by atoms with E-state index in [1.54, 1.807) is 30.3 Å². The number of nitrogens with zero attached hydrogens (tertiary/aromatic N) is 1. The van der Waals surface area contributed by atoms with Crippen LogP contribution in [0.3, 0.4) is 0 Å². The maximum Gasteiger partial charge on any atom is 0.412 e. The Bertz CT molecular complexity index is 637. The van der Waals surface area contributed by atoms with Crippen molar-refractivity contribution >= 4 is 29.4 Å². The monoisotopic (exact) mass is 354 g/mol. The van der Waals surface area contributed by atoms with Crippen molar-refractivity contribution in [2.45, 2.75) is 25.5 Å². The lowest BCUT2D eigenvalue weighted by Gasteiger charge is -2.27. The molecule has 1 rings (SSSR count). The van der Waals surface area contributed by atoms with Gasteiger partial charge in [0.25, 0.3) is 5.91 Å². The zero-order valence-electron chi connectivity index (χ0n) is 13.8. The molecule has 0 saturated heterocycles. The standard InChI is InChI=1S/C16H19FN2O6/c1-10(25-16(24)18-11-6-4-3-5-7-11)15(23)19(2)12(8-14(21)22)13(20)9-17/h3-7,10,12H,8-9H2,1-2H3,(H,18,24)(H,21,22)/t10-,12?/m0/s1. The fourth-order valence-electron chi connectivity index (χ4n) is 2.04. The Hall–Kier alpha value is -2.97. The second kappa shape index (κ2) is 9.36. The van der Waals surface area contributed by atoms with Gasteiger partial charge in [0.2, 0.25) is 0 Å². The summed E-state index contributed by atoms with van der Waals surface area (Å²) in [5.41, 5.74) is 0.455. The summed E-state index contributed by atoms with van der Waals surface area (Å²) in [5.74, 6) is -3.22. The van der Waals surface area contributed by atoms with Crippen molar-refractivity contribution in [2.24, 2.45) is 0 Å². The fourth-order valence-corrected chi connectivity index (χ4v) is 2.04. The third kappa shape index (κ3) is 6.21. The molecular weight excluding hydrogens is 335 g/mol. The number of hydrogen-bond donors (Lipinski definition) is 2. The number of rotatable bonds is 8. The number of hydrogen-bond acceptors (Lipinski definition) is 5. The third-order valence-electron chi connectivity index (χ3n) is 3.34. The van der Waals surface area contributed by atoms with Crippen molar-refractivity contribution < 1.29 is 33.4 Å². The minimum absolute atomic E-state index is 0.455. The number of likely N-dealkylation sites (N-methyl/N-ethyl adjacent to an activating group) is 1. The van der Waals surface area contributed by atoms with E-state index in [4.69, 9.17) is 9.84 Å². The van der Waals surface area contributed by atoms with E-state index in [1.807, 2.05) is 0 Å². The molecule has 0 aliphatic carbocycles. The maximum absolute atomic E-state index is 12.6. The van der Waals surface area contributed by atoms with Crippen LogP contribution in [0, 0.1) is 0 Å². The number of carbonyl (C=O) groups excluding carboxylic acids is 3. The van der Waals surface area contributed by atoms with Gasteiger partial charge in [0, 0.05) is 12.7 Å². The Morgan fingerprint density at radius 2 is 1.84 bits per heavy atom. The van der Waals surface area contributed by atoms with Crippen LogP contribution in [0.1, 0.15) is 13.3 Å². The Morgan fingerprint density at radius 1 is 1.24 bits per heavy atom. The molecule has 0 spiro atoms. The minimum atomic E-state index is -1.47. The summed E-state index contributed by atoms with van der Waals surface area (Å²) in [7, 11) is 1.15. The van der Waals surface area contributed by atoms with Crippen molar-refractivity contribution in [3.05, 3.63) is 30.3 Å². The number of ketones is 1. The molecule has 0 aliphatic rings. The number of anilines is 1. The molecule has 2 atom stereocenters. The topological polar surface area (TPSA) is 113 Å². The zero-order valence-corrected chi connectivity index (χ0v) is 13.8. The van der Waals surface area contributed by atoms with Gasteiger partial charge in [-0.2, -0.15) is 0 Å². The molecule has 0 saturated carbocycles. The lowest BCUT2D eigenvalue weighted by Crippen LogP contribution is -2.48. The highest BCUT2D eigenvalue weighted by atomic mass is 19.1. The number of para-hydroxylation sites is 1. The normalized spacial score (nSPS) is 12.6. The molecule has 1 aromatic carbocycles. The summed E-state index contributed by atoms with van der Waals surface area (Å²) in [6.45, 7) is -0.138. The molecule has 25 heavy (non-hydrogen) atoms. The van der Waals surface area contributed by atoms with Crippen molar-refractivity contribution in [1.82, 2.24) is 4.90 Å². The van der Waals surface area contributed by atoms with Crippen LogP contribution in [0.25, 0.3) is 0 Å². The van der Waals surface area contributed by atoms with Crippen LogP contribution in [0.15, 0.2) is 30.3 Å². The highest BCUT2D eigenvalue weighted by molar-refractivity contribution is 5.94. The van der Waals surface area contributed by atoms with E-state index in [1.165, 1.54) is 6.92 Å². The Labute approximate surface area is 143 Å². The van der Waals surface area contributed by atoms with E-state index in [2.05, 4.69) is 5.32 Å². The van der Waals surface area contributed by atoms with Crippen molar-refractivity contribution in [3.8, 4) is 0 Å². The van der Waals surface area contributed by atoms with Gasteiger partial charge in [-0.25, -0.2) is 9.18 Å². The number of benzene rings is 1. The first kappa shape index (κ1) is 20.1. The van der Waals surface area contributed by atoms with Crippen LogP contribution in [0.2, 0.25) is 0 Å². The first-order valence-corrected chi connectivity index (χ1v) is 7.36. The molecule has 0 bridgehead atoms. The van der Waals surface area contributed by atoms with Crippen molar-refractivity contribution in [1.29, 1.82) is 0 Å². The van der Waals surface area contributed by atoms with Gasteiger partial charge in [0.1, 0.15) is 12.7 Å². The number of ether oxygens (including phenoxy) is 1. The molecule has 2 N–H and O–H groups in total. The van der Waals surface area contributed by atoms with E-state index in [0.717, 1.165) is 11.9 Å². The van der Waals surface area contributed by atoms with Gasteiger partial charge in [-0.3, -0.25) is 19.7 Å². The molecule has 0 aromatic heterocycles. The molecule has 1 unspecified atom stereocenters. The molecule has 0 radical (unpaired) electrons. The second-order valence-corrected chi connectivity index (χ2v) is 5.20. The van der Waals surface area contributed by atoms with Crippen LogP contribution in [0.4, 0.5) is 14.9 Å². The lowest BCUT2D eigenvalue weighted by molar-refractivity contribution is -0.148. The largest absolute Gasteiger partial charge is 0.481 e. The van der Waals surface area contributed by atoms with Gasteiger partial charge in [-0.1, -0.05) is 18.2 Å². The summed E-state index contributed by atoms with van der Waals surface area (Å²) in [6, 6.07) is 6.89. The highest BCUT2D eigenvalue weighted by Gasteiger charge is 2.32. The third-order valence-corrected chi connectivity index (χ3v) is 3.34. The van der Waals surface area contributed by atoms with E-state index >= 15 is 0 Å². The first-order valence-electron chi connectivity index (χ1n) is 7.36. The number of carbonyl (C=O) groups is 4. The summed E-state index contributed by atoms with van der Waals surface area (Å²) in [6.07, 6.45) is -2.93. The van der Waals surface area contributed by atoms with Gasteiger partial charge in [-0.15, -0.1) is 0 Å². The predicted octanol–water partition coefficient (Wildman–Crippen LogP) is 1.46. The summed E-state index contributed by atoms with van der Waals surface area (Å²) in [5, 5.41) is 11.2. The van der Waals surface area contributed by atoms with Crippen LogP contribution in [0.5, 0.6) is 0 Å². The molecule has 0 heterocycles. The number of carboxylic acid groups (broad SMARTS) is 1. The molecule has 0 fully saturated rings.